The van der Waals surface area contributed by atoms with Gasteiger partial charge in [-0.15, -0.1) is 0 Å². The molecule has 0 saturated heterocycles. The molecule has 23 heavy (non-hydrogen) atoms. The number of H-pyrrole nitrogens is 1. The maximum absolute atomic E-state index is 13.4. The number of rotatable bonds is 6. The van der Waals surface area contributed by atoms with E-state index in [0.29, 0.717) is 19.5 Å². The summed E-state index contributed by atoms with van der Waals surface area (Å²) >= 11 is 0. The minimum atomic E-state index is -0.308. The lowest BCUT2D eigenvalue weighted by Gasteiger charge is -2.30. The molecular formula is C18H25FN2O2. The Morgan fingerprint density at radius 3 is 2.74 bits per heavy atom. The first-order valence-corrected chi connectivity index (χ1v) is 7.94. The average molecular weight is 320 g/mol. The molecule has 5 heteroatoms. The fourth-order valence-corrected chi connectivity index (χ4v) is 2.70. The van der Waals surface area contributed by atoms with Crippen LogP contribution in [0.5, 0.6) is 0 Å². The molecule has 1 aromatic heterocycles. The summed E-state index contributed by atoms with van der Waals surface area (Å²) in [6.45, 7) is 7.45. The average Bonchev–Trinajstić information content (AvgIpc) is 2.84. The third-order valence-corrected chi connectivity index (χ3v) is 3.68. The standard InChI is InChI=1S/C18H25FN2O2/c1-18(2,3)12-21(7-4-8-22)17(23)9-13-11-20-16-6-5-14(19)10-15(13)16/h5-6,10-11,20,22H,4,7-9,12H2,1-3H3. The van der Waals surface area contributed by atoms with E-state index in [4.69, 9.17) is 5.11 Å². The number of fused-ring (bicyclic) bond motifs is 1. The van der Waals surface area contributed by atoms with Gasteiger partial charge in [0.15, 0.2) is 0 Å². The summed E-state index contributed by atoms with van der Waals surface area (Å²) in [6, 6.07) is 4.53. The van der Waals surface area contributed by atoms with Crippen molar-refractivity contribution >= 4 is 16.8 Å². The lowest BCUT2D eigenvalue weighted by molar-refractivity contribution is -0.131. The van der Waals surface area contributed by atoms with Crippen molar-refractivity contribution in [2.24, 2.45) is 5.41 Å². The molecule has 0 spiro atoms. The number of aromatic nitrogens is 1. The summed E-state index contributed by atoms with van der Waals surface area (Å²) < 4.78 is 13.4. The molecule has 0 aliphatic rings. The predicted molar refractivity (Wildman–Crippen MR) is 89.7 cm³/mol. The number of nitrogens with one attached hydrogen (secondary N) is 1. The Hall–Kier alpha value is -1.88. The summed E-state index contributed by atoms with van der Waals surface area (Å²) in [5.41, 5.74) is 1.61. The molecule has 0 atom stereocenters. The first-order valence-electron chi connectivity index (χ1n) is 7.94. The first-order chi connectivity index (χ1) is 10.8. The third-order valence-electron chi connectivity index (χ3n) is 3.68. The van der Waals surface area contributed by atoms with Crippen LogP contribution in [0.15, 0.2) is 24.4 Å². The number of halogens is 1. The zero-order valence-corrected chi connectivity index (χ0v) is 14.0. The number of benzene rings is 1. The van der Waals surface area contributed by atoms with Crippen LogP contribution in [0.4, 0.5) is 4.39 Å². The van der Waals surface area contributed by atoms with Gasteiger partial charge in [-0.05, 0) is 35.6 Å². The van der Waals surface area contributed by atoms with Gasteiger partial charge in [0.05, 0.1) is 6.42 Å². The van der Waals surface area contributed by atoms with Gasteiger partial charge in [-0.2, -0.15) is 0 Å². The highest BCUT2D eigenvalue weighted by Crippen LogP contribution is 2.22. The minimum Gasteiger partial charge on any atom is -0.396 e. The highest BCUT2D eigenvalue weighted by Gasteiger charge is 2.21. The van der Waals surface area contributed by atoms with E-state index in [1.54, 1.807) is 17.2 Å². The fourth-order valence-electron chi connectivity index (χ4n) is 2.70. The zero-order chi connectivity index (χ0) is 17.0. The third kappa shape index (κ3) is 4.79. The van der Waals surface area contributed by atoms with Crippen LogP contribution in [-0.2, 0) is 11.2 Å². The molecule has 2 N–H and O–H groups in total. The molecule has 1 aromatic carbocycles. The van der Waals surface area contributed by atoms with E-state index in [2.05, 4.69) is 25.8 Å². The van der Waals surface area contributed by atoms with E-state index >= 15 is 0 Å². The Kier molecular flexibility index (Phi) is 5.42. The second-order valence-corrected chi connectivity index (χ2v) is 7.13. The molecule has 0 fully saturated rings. The van der Waals surface area contributed by atoms with E-state index in [-0.39, 0.29) is 30.2 Å². The highest BCUT2D eigenvalue weighted by molar-refractivity contribution is 5.89. The smallest absolute Gasteiger partial charge is 0.227 e. The van der Waals surface area contributed by atoms with E-state index in [0.717, 1.165) is 16.5 Å². The van der Waals surface area contributed by atoms with Gasteiger partial charge in [0.25, 0.3) is 0 Å². The summed E-state index contributed by atoms with van der Waals surface area (Å²) in [6.07, 6.45) is 2.55. The number of hydrogen-bond acceptors (Lipinski definition) is 2. The Labute approximate surface area is 136 Å². The molecule has 0 radical (unpaired) electrons. The maximum atomic E-state index is 13.4. The van der Waals surface area contributed by atoms with Crippen LogP contribution in [0.25, 0.3) is 10.9 Å². The Morgan fingerprint density at radius 1 is 1.35 bits per heavy atom. The number of aromatic amines is 1. The Morgan fingerprint density at radius 2 is 2.09 bits per heavy atom. The van der Waals surface area contributed by atoms with Crippen LogP contribution in [0.1, 0.15) is 32.8 Å². The molecular weight excluding hydrogens is 295 g/mol. The van der Waals surface area contributed by atoms with Crippen molar-refractivity contribution in [3.8, 4) is 0 Å². The van der Waals surface area contributed by atoms with Crippen LogP contribution in [0.3, 0.4) is 0 Å². The van der Waals surface area contributed by atoms with Gasteiger partial charge < -0.3 is 15.0 Å². The first kappa shape index (κ1) is 17.5. The quantitative estimate of drug-likeness (QED) is 0.859. The molecule has 0 aliphatic heterocycles. The number of aliphatic hydroxyl groups is 1. The van der Waals surface area contributed by atoms with Crippen molar-refractivity contribution in [3.05, 3.63) is 35.8 Å². The van der Waals surface area contributed by atoms with Crippen LogP contribution < -0.4 is 0 Å². The molecule has 0 bridgehead atoms. The topological polar surface area (TPSA) is 56.3 Å². The van der Waals surface area contributed by atoms with Crippen LogP contribution in [-0.4, -0.2) is 40.6 Å². The molecule has 1 amide bonds. The number of hydrogen-bond donors (Lipinski definition) is 2. The van der Waals surface area contributed by atoms with Gasteiger partial charge in [-0.25, -0.2) is 4.39 Å². The Balaban J connectivity index is 2.17. The summed E-state index contributed by atoms with van der Waals surface area (Å²) in [5.74, 6) is -0.309. The van der Waals surface area contributed by atoms with Crippen LogP contribution in [0.2, 0.25) is 0 Å². The van der Waals surface area contributed by atoms with E-state index in [1.165, 1.54) is 12.1 Å². The molecule has 4 nitrogen and oxygen atoms in total. The summed E-state index contributed by atoms with van der Waals surface area (Å²) in [4.78, 5) is 17.5. The highest BCUT2D eigenvalue weighted by atomic mass is 19.1. The van der Waals surface area contributed by atoms with Crippen molar-refractivity contribution in [1.29, 1.82) is 0 Å². The van der Waals surface area contributed by atoms with Crippen molar-refractivity contribution in [2.75, 3.05) is 19.7 Å². The monoisotopic (exact) mass is 320 g/mol. The molecule has 0 unspecified atom stereocenters. The number of carbonyl (C=O) groups is 1. The Bertz CT molecular complexity index is 673. The largest absolute Gasteiger partial charge is 0.396 e. The van der Waals surface area contributed by atoms with E-state index in [9.17, 15) is 9.18 Å². The van der Waals surface area contributed by atoms with Crippen LogP contribution in [0, 0.1) is 11.2 Å². The normalized spacial score (nSPS) is 11.9. The lowest BCUT2D eigenvalue weighted by Crippen LogP contribution is -2.39. The van der Waals surface area contributed by atoms with Crippen molar-refractivity contribution in [2.45, 2.75) is 33.6 Å². The SMILES string of the molecule is CC(C)(C)CN(CCCO)C(=O)Cc1c[nH]c2ccc(F)cc12. The van der Waals surface area contributed by atoms with Gasteiger partial charge in [-0.3, -0.25) is 4.79 Å². The van der Waals surface area contributed by atoms with Gasteiger partial charge in [0.2, 0.25) is 5.91 Å². The molecule has 2 rings (SSSR count). The van der Waals surface area contributed by atoms with Gasteiger partial charge in [0.1, 0.15) is 5.82 Å². The minimum absolute atomic E-state index is 0.00136. The van der Waals surface area contributed by atoms with Gasteiger partial charge in [0, 0.05) is 36.8 Å². The predicted octanol–water partition coefficient (Wildman–Crippen LogP) is 3.11. The van der Waals surface area contributed by atoms with Crippen LogP contribution >= 0.6 is 0 Å². The summed E-state index contributed by atoms with van der Waals surface area (Å²) in [7, 11) is 0. The van der Waals surface area contributed by atoms with Crippen molar-refractivity contribution < 1.29 is 14.3 Å². The zero-order valence-electron chi connectivity index (χ0n) is 14.0. The van der Waals surface area contributed by atoms with Gasteiger partial charge >= 0.3 is 0 Å². The summed E-state index contributed by atoms with van der Waals surface area (Å²) in [5, 5.41) is 9.79. The second kappa shape index (κ2) is 7.13. The molecule has 126 valence electrons. The van der Waals surface area contributed by atoms with Crippen molar-refractivity contribution in [1.82, 2.24) is 9.88 Å². The molecule has 2 aromatic rings. The molecule has 0 aliphatic carbocycles. The van der Waals surface area contributed by atoms with E-state index < -0.39 is 0 Å². The van der Waals surface area contributed by atoms with Gasteiger partial charge in [-0.1, -0.05) is 20.8 Å². The number of aliphatic hydroxyl groups excluding tert-OH is 1. The number of carbonyl (C=O) groups excluding carboxylic acids is 1. The second-order valence-electron chi connectivity index (χ2n) is 7.13. The molecule has 0 saturated carbocycles. The maximum Gasteiger partial charge on any atom is 0.227 e. The number of amides is 1. The fraction of sp³-hybridized carbons (Fsp3) is 0.500. The lowest BCUT2D eigenvalue weighted by atomic mass is 9.95. The van der Waals surface area contributed by atoms with E-state index in [1.807, 2.05) is 0 Å². The van der Waals surface area contributed by atoms with Crippen molar-refractivity contribution in [3.63, 3.8) is 0 Å². The number of nitrogens with zero attached hydrogens (tertiary/aromatic N) is 1. The molecule has 1 heterocycles.